The van der Waals surface area contributed by atoms with Crippen LogP contribution in [0.25, 0.3) is 0 Å². The molecule has 6 rings (SSSR count). The van der Waals surface area contributed by atoms with Gasteiger partial charge in [-0.15, -0.1) is 0 Å². The van der Waals surface area contributed by atoms with Gasteiger partial charge in [-0.2, -0.15) is 0 Å². The van der Waals surface area contributed by atoms with Crippen molar-refractivity contribution in [3.63, 3.8) is 0 Å². The van der Waals surface area contributed by atoms with Gasteiger partial charge in [-0.25, -0.2) is 19.4 Å². The van der Waals surface area contributed by atoms with Crippen molar-refractivity contribution in [3.05, 3.63) is 72.8 Å². The van der Waals surface area contributed by atoms with Crippen molar-refractivity contribution in [2.75, 3.05) is 73.7 Å². The van der Waals surface area contributed by atoms with E-state index in [1.165, 1.54) is 24.5 Å². The maximum atomic E-state index is 13.5. The molecule has 3 aliphatic heterocycles. The molecule has 0 bridgehead atoms. The number of hydrogen-bond donors (Lipinski definition) is 2. The molecule has 12 heteroatoms. The quantitative estimate of drug-likeness (QED) is 0.335. The van der Waals surface area contributed by atoms with Crippen LogP contribution in [-0.2, 0) is 14.4 Å². The lowest BCUT2D eigenvalue weighted by Gasteiger charge is -2.41. The molecule has 0 unspecified atom stereocenters. The molecule has 11 nitrogen and oxygen atoms in total. The number of hydrogen-bond acceptors (Lipinski definition) is 10. The number of anilines is 5. The van der Waals surface area contributed by atoms with Gasteiger partial charge in [0.25, 0.3) is 0 Å². The predicted molar refractivity (Wildman–Crippen MR) is 167 cm³/mol. The highest BCUT2D eigenvalue weighted by atomic mass is 19.1. The molecule has 3 aromatic rings. The largest absolute Gasteiger partial charge is 0.494 e. The molecule has 1 aromatic heterocycles. The zero-order valence-corrected chi connectivity index (χ0v) is 24.9. The standard InChI is InChI=1S/C32H38FN7O4/c1-3-32(41)37-25-18-26(29(42-2)19-28(25)39-11-8-24(9-12-39)38-13-16-43-17-14-38)36-30-20-31(35-21-34-30)40-27(10-15-44-40)22-4-6-23(33)7-5-22/h3-7,18-21,24,27H,1,8-17H2,2H3,(H,37,41)(H,34,35,36)/t27-/m1/s1. The summed E-state index contributed by atoms with van der Waals surface area (Å²) in [5, 5.41) is 8.06. The number of amides is 1. The summed E-state index contributed by atoms with van der Waals surface area (Å²) < 4.78 is 24.9. The monoisotopic (exact) mass is 603 g/mol. The third kappa shape index (κ3) is 6.62. The van der Waals surface area contributed by atoms with E-state index in [1.807, 2.05) is 12.1 Å². The van der Waals surface area contributed by atoms with E-state index >= 15 is 0 Å². The Labute approximate surface area is 256 Å². The third-order valence-corrected chi connectivity index (χ3v) is 8.43. The molecule has 3 fully saturated rings. The highest BCUT2D eigenvalue weighted by Crippen LogP contribution is 2.40. The third-order valence-electron chi connectivity index (χ3n) is 8.43. The van der Waals surface area contributed by atoms with Gasteiger partial charge in [-0.05, 0) is 42.7 Å². The van der Waals surface area contributed by atoms with E-state index in [0.29, 0.717) is 41.4 Å². The molecule has 2 N–H and O–H groups in total. The van der Waals surface area contributed by atoms with Crippen LogP contribution in [0.15, 0.2) is 61.4 Å². The summed E-state index contributed by atoms with van der Waals surface area (Å²) in [5.41, 5.74) is 3.10. The fourth-order valence-corrected chi connectivity index (χ4v) is 6.15. The molecule has 0 aliphatic carbocycles. The van der Waals surface area contributed by atoms with Crippen molar-refractivity contribution < 1.29 is 23.5 Å². The zero-order chi connectivity index (χ0) is 30.5. The summed E-state index contributed by atoms with van der Waals surface area (Å²) in [5.74, 6) is 1.10. The number of methoxy groups -OCH3 is 1. The highest BCUT2D eigenvalue weighted by Gasteiger charge is 2.30. The van der Waals surface area contributed by atoms with Gasteiger partial charge >= 0.3 is 0 Å². The van der Waals surface area contributed by atoms with Gasteiger partial charge in [0.1, 0.15) is 23.7 Å². The number of ether oxygens (including phenoxy) is 2. The Morgan fingerprint density at radius 2 is 1.80 bits per heavy atom. The van der Waals surface area contributed by atoms with E-state index in [1.54, 1.807) is 30.4 Å². The molecule has 3 saturated heterocycles. The van der Waals surface area contributed by atoms with E-state index in [9.17, 15) is 9.18 Å². The van der Waals surface area contributed by atoms with Gasteiger partial charge in [0.05, 0.1) is 50.0 Å². The normalized spacial score (nSPS) is 19.5. The maximum absolute atomic E-state index is 13.5. The average molecular weight is 604 g/mol. The second-order valence-electron chi connectivity index (χ2n) is 11.0. The first-order valence-corrected chi connectivity index (χ1v) is 15.0. The van der Waals surface area contributed by atoms with Gasteiger partial charge in [0, 0.05) is 50.8 Å². The van der Waals surface area contributed by atoms with E-state index in [4.69, 9.17) is 14.3 Å². The molecule has 1 amide bonds. The minimum atomic E-state index is -0.298. The molecule has 1 atom stereocenters. The van der Waals surface area contributed by atoms with Gasteiger partial charge in [0.15, 0.2) is 5.82 Å². The van der Waals surface area contributed by atoms with Gasteiger partial charge in [-0.1, -0.05) is 18.7 Å². The summed E-state index contributed by atoms with van der Waals surface area (Å²) in [6.45, 7) is 9.38. The van der Waals surface area contributed by atoms with E-state index in [2.05, 4.69) is 37.0 Å². The first kappa shape index (κ1) is 29.8. The summed E-state index contributed by atoms with van der Waals surface area (Å²) in [4.78, 5) is 32.1. The maximum Gasteiger partial charge on any atom is 0.247 e. The smallest absolute Gasteiger partial charge is 0.247 e. The van der Waals surface area contributed by atoms with Gasteiger partial charge < -0.3 is 25.0 Å². The summed E-state index contributed by atoms with van der Waals surface area (Å²) in [6.07, 6.45) is 5.51. The van der Waals surface area contributed by atoms with Crippen LogP contribution in [0.4, 0.5) is 33.1 Å². The number of carbonyl (C=O) groups is 1. The topological polar surface area (TPSA) is 104 Å². The van der Waals surface area contributed by atoms with Crippen LogP contribution in [0.1, 0.15) is 30.9 Å². The van der Waals surface area contributed by atoms with Crippen molar-refractivity contribution in [3.8, 4) is 5.75 Å². The summed E-state index contributed by atoms with van der Waals surface area (Å²) in [7, 11) is 1.62. The number of rotatable bonds is 9. The van der Waals surface area contributed by atoms with Crippen LogP contribution in [-0.4, -0.2) is 79.9 Å². The van der Waals surface area contributed by atoms with E-state index in [-0.39, 0.29) is 17.8 Å². The number of nitrogens with zero attached hydrogens (tertiary/aromatic N) is 5. The van der Waals surface area contributed by atoms with E-state index in [0.717, 1.165) is 69.9 Å². The minimum Gasteiger partial charge on any atom is -0.494 e. The zero-order valence-electron chi connectivity index (χ0n) is 24.9. The lowest BCUT2D eigenvalue weighted by atomic mass is 10.0. The Balaban J connectivity index is 1.23. The number of hydroxylamine groups is 1. The molecule has 0 saturated carbocycles. The molecule has 0 spiro atoms. The number of benzene rings is 2. The molecular weight excluding hydrogens is 565 g/mol. The number of carbonyl (C=O) groups excluding carboxylic acids is 1. The lowest BCUT2D eigenvalue weighted by Crippen LogP contribution is -2.49. The molecule has 232 valence electrons. The van der Waals surface area contributed by atoms with E-state index < -0.39 is 0 Å². The summed E-state index contributed by atoms with van der Waals surface area (Å²) in [6, 6.07) is 12.4. The van der Waals surface area contributed by atoms with Crippen LogP contribution >= 0.6 is 0 Å². The first-order valence-electron chi connectivity index (χ1n) is 15.0. The van der Waals surface area contributed by atoms with Crippen LogP contribution in [0.3, 0.4) is 0 Å². The molecule has 0 radical (unpaired) electrons. The SMILES string of the molecule is C=CC(=O)Nc1cc(Nc2cc(N3OCC[C@@H]3c3ccc(F)cc3)ncn2)c(OC)cc1N1CCC(N2CCOCC2)CC1. The number of halogens is 1. The van der Waals surface area contributed by atoms with Gasteiger partial charge in [-0.3, -0.25) is 14.5 Å². The van der Waals surface area contributed by atoms with Crippen molar-refractivity contribution >= 4 is 34.6 Å². The van der Waals surface area contributed by atoms with Crippen molar-refractivity contribution in [1.29, 1.82) is 0 Å². The highest BCUT2D eigenvalue weighted by molar-refractivity contribution is 6.02. The first-order chi connectivity index (χ1) is 21.5. The Kier molecular flexibility index (Phi) is 9.20. The molecule has 3 aliphatic rings. The Hall–Kier alpha value is -4.26. The second-order valence-corrected chi connectivity index (χ2v) is 11.0. The van der Waals surface area contributed by atoms with Crippen LogP contribution in [0.5, 0.6) is 5.75 Å². The Morgan fingerprint density at radius 3 is 2.52 bits per heavy atom. The minimum absolute atomic E-state index is 0.111. The number of aromatic nitrogens is 2. The van der Waals surface area contributed by atoms with Crippen LogP contribution in [0, 0.1) is 5.82 Å². The number of nitrogens with one attached hydrogen (secondary N) is 2. The van der Waals surface area contributed by atoms with Crippen LogP contribution in [0.2, 0.25) is 0 Å². The fraction of sp³-hybridized carbons (Fsp3) is 0.406. The Bertz CT molecular complexity index is 1460. The fourth-order valence-electron chi connectivity index (χ4n) is 6.15. The lowest BCUT2D eigenvalue weighted by molar-refractivity contribution is -0.111. The Morgan fingerprint density at radius 1 is 1.02 bits per heavy atom. The van der Waals surface area contributed by atoms with Crippen molar-refractivity contribution in [2.24, 2.45) is 0 Å². The molecule has 2 aromatic carbocycles. The average Bonchev–Trinajstić information content (AvgIpc) is 3.56. The second kappa shape index (κ2) is 13.6. The number of morpholine rings is 1. The molecule has 44 heavy (non-hydrogen) atoms. The van der Waals surface area contributed by atoms with Crippen molar-refractivity contribution in [1.82, 2.24) is 14.9 Å². The summed E-state index contributed by atoms with van der Waals surface area (Å²) >= 11 is 0. The van der Waals surface area contributed by atoms with Crippen molar-refractivity contribution in [2.45, 2.75) is 31.3 Å². The predicted octanol–water partition coefficient (Wildman–Crippen LogP) is 4.68. The van der Waals surface area contributed by atoms with Crippen LogP contribution < -0.4 is 25.3 Å². The molecule has 4 heterocycles. The molecular formula is C32H38FN7O4. The number of piperidine rings is 1. The van der Waals surface area contributed by atoms with Gasteiger partial charge in [0.2, 0.25) is 5.91 Å².